The number of aromatic nitrogens is 3. The van der Waals surface area contributed by atoms with E-state index in [2.05, 4.69) is 46.2 Å². The van der Waals surface area contributed by atoms with Crippen molar-refractivity contribution in [2.45, 2.75) is 26.2 Å². The molecule has 3 aromatic rings. The van der Waals surface area contributed by atoms with Gasteiger partial charge in [0, 0.05) is 31.0 Å². The zero-order valence-corrected chi connectivity index (χ0v) is 14.8. The predicted octanol–water partition coefficient (Wildman–Crippen LogP) is 3.26. The van der Waals surface area contributed by atoms with E-state index in [1.165, 1.54) is 5.56 Å². The Hall–Kier alpha value is -2.89. The molecule has 1 aromatic carbocycles. The Labute approximate surface area is 152 Å². The highest BCUT2D eigenvalue weighted by molar-refractivity contribution is 5.77. The van der Waals surface area contributed by atoms with Crippen LogP contribution in [0.4, 0.5) is 5.82 Å². The standard InChI is InChI=1S/C20H22N4O2/c1-2-14-5-7-15(8-6-14)17-12-18-19(21-9-11-24(18)22-17)23-10-3-4-16(13-23)20(25)26/h5-9,11-12,16H,2-4,10,13H2,1H3,(H,25,26). The van der Waals surface area contributed by atoms with E-state index in [9.17, 15) is 9.90 Å². The normalized spacial score (nSPS) is 17.6. The van der Waals surface area contributed by atoms with Crippen LogP contribution in [0.1, 0.15) is 25.3 Å². The average molecular weight is 350 g/mol. The molecule has 1 N–H and O–H groups in total. The van der Waals surface area contributed by atoms with Crippen LogP contribution in [0.15, 0.2) is 42.7 Å². The second kappa shape index (κ2) is 6.78. The molecule has 2 aromatic heterocycles. The molecule has 1 fully saturated rings. The van der Waals surface area contributed by atoms with Gasteiger partial charge in [0.15, 0.2) is 5.82 Å². The second-order valence-electron chi connectivity index (χ2n) is 6.78. The SMILES string of the molecule is CCc1ccc(-c2cc3c(N4CCCC(C(=O)O)C4)nccn3n2)cc1. The summed E-state index contributed by atoms with van der Waals surface area (Å²) in [6.45, 7) is 3.46. The molecule has 0 amide bonds. The van der Waals surface area contributed by atoms with E-state index in [1.54, 1.807) is 6.20 Å². The first-order chi connectivity index (χ1) is 12.7. The van der Waals surface area contributed by atoms with Crippen molar-refractivity contribution in [3.05, 3.63) is 48.3 Å². The summed E-state index contributed by atoms with van der Waals surface area (Å²) in [5.41, 5.74) is 4.17. The van der Waals surface area contributed by atoms with Gasteiger partial charge in [0.25, 0.3) is 0 Å². The first-order valence-electron chi connectivity index (χ1n) is 9.07. The Morgan fingerprint density at radius 3 is 2.85 bits per heavy atom. The number of nitrogens with zero attached hydrogens (tertiary/aromatic N) is 4. The van der Waals surface area contributed by atoms with Gasteiger partial charge in [0.1, 0.15) is 5.52 Å². The van der Waals surface area contributed by atoms with E-state index in [4.69, 9.17) is 0 Å². The molecule has 0 bridgehead atoms. The average Bonchev–Trinajstić information content (AvgIpc) is 3.12. The maximum atomic E-state index is 11.4. The fourth-order valence-electron chi connectivity index (χ4n) is 3.58. The molecule has 0 spiro atoms. The number of aliphatic carboxylic acids is 1. The molecule has 0 radical (unpaired) electrons. The first-order valence-corrected chi connectivity index (χ1v) is 9.07. The van der Waals surface area contributed by atoms with Gasteiger partial charge in [-0.1, -0.05) is 31.2 Å². The molecule has 0 aliphatic carbocycles. The van der Waals surface area contributed by atoms with Gasteiger partial charge < -0.3 is 10.0 Å². The van der Waals surface area contributed by atoms with E-state index in [0.29, 0.717) is 6.54 Å². The van der Waals surface area contributed by atoms with Crippen LogP contribution < -0.4 is 4.90 Å². The summed E-state index contributed by atoms with van der Waals surface area (Å²) in [5, 5.41) is 14.0. The number of anilines is 1. The van der Waals surface area contributed by atoms with Gasteiger partial charge in [-0.15, -0.1) is 0 Å². The highest BCUT2D eigenvalue weighted by atomic mass is 16.4. The highest BCUT2D eigenvalue weighted by Gasteiger charge is 2.27. The van der Waals surface area contributed by atoms with E-state index in [0.717, 1.165) is 48.4 Å². The van der Waals surface area contributed by atoms with Crippen molar-refractivity contribution in [1.29, 1.82) is 0 Å². The zero-order valence-electron chi connectivity index (χ0n) is 14.8. The molecule has 0 saturated carbocycles. The predicted molar refractivity (Wildman–Crippen MR) is 100 cm³/mol. The number of piperidine rings is 1. The number of rotatable bonds is 4. The molecular weight excluding hydrogens is 328 g/mol. The van der Waals surface area contributed by atoms with Crippen LogP contribution in [0.25, 0.3) is 16.8 Å². The van der Waals surface area contributed by atoms with Crippen molar-refractivity contribution in [3.63, 3.8) is 0 Å². The van der Waals surface area contributed by atoms with Crippen molar-refractivity contribution in [2.75, 3.05) is 18.0 Å². The number of hydrogen-bond donors (Lipinski definition) is 1. The Kier molecular flexibility index (Phi) is 4.32. The van der Waals surface area contributed by atoms with Crippen molar-refractivity contribution >= 4 is 17.3 Å². The van der Waals surface area contributed by atoms with Crippen LogP contribution in [0, 0.1) is 5.92 Å². The van der Waals surface area contributed by atoms with Crippen molar-refractivity contribution < 1.29 is 9.90 Å². The van der Waals surface area contributed by atoms with Crippen molar-refractivity contribution in [3.8, 4) is 11.3 Å². The fourth-order valence-corrected chi connectivity index (χ4v) is 3.58. The Morgan fingerprint density at radius 1 is 1.31 bits per heavy atom. The minimum absolute atomic E-state index is 0.338. The van der Waals surface area contributed by atoms with Crippen LogP contribution in [0.2, 0.25) is 0 Å². The molecule has 6 nitrogen and oxygen atoms in total. The first kappa shape index (κ1) is 16.6. The van der Waals surface area contributed by atoms with E-state index < -0.39 is 5.97 Å². The molecule has 3 heterocycles. The van der Waals surface area contributed by atoms with E-state index in [1.807, 2.05) is 16.8 Å². The number of aryl methyl sites for hydroxylation is 1. The van der Waals surface area contributed by atoms with E-state index >= 15 is 0 Å². The molecular formula is C20H22N4O2. The third kappa shape index (κ3) is 3.03. The summed E-state index contributed by atoms with van der Waals surface area (Å²) in [6, 6.07) is 10.5. The number of benzene rings is 1. The molecule has 1 aliphatic heterocycles. The minimum Gasteiger partial charge on any atom is -0.481 e. The third-order valence-electron chi connectivity index (χ3n) is 5.10. The number of hydrogen-bond acceptors (Lipinski definition) is 4. The lowest BCUT2D eigenvalue weighted by Gasteiger charge is -2.31. The lowest BCUT2D eigenvalue weighted by Crippen LogP contribution is -2.39. The van der Waals surface area contributed by atoms with Gasteiger partial charge in [0.05, 0.1) is 11.6 Å². The van der Waals surface area contributed by atoms with E-state index in [-0.39, 0.29) is 5.92 Å². The summed E-state index contributed by atoms with van der Waals surface area (Å²) < 4.78 is 1.83. The topological polar surface area (TPSA) is 70.7 Å². The number of carboxylic acids is 1. The van der Waals surface area contributed by atoms with Crippen LogP contribution in [-0.2, 0) is 11.2 Å². The lowest BCUT2D eigenvalue weighted by atomic mass is 9.98. The fraction of sp³-hybridized carbons (Fsp3) is 0.350. The zero-order chi connectivity index (χ0) is 18.1. The van der Waals surface area contributed by atoms with Gasteiger partial charge in [-0.25, -0.2) is 9.50 Å². The molecule has 4 rings (SSSR count). The Balaban J connectivity index is 1.70. The van der Waals surface area contributed by atoms with Crippen LogP contribution in [0.3, 0.4) is 0 Å². The third-order valence-corrected chi connectivity index (χ3v) is 5.10. The highest BCUT2D eigenvalue weighted by Crippen LogP contribution is 2.28. The maximum Gasteiger partial charge on any atom is 0.308 e. The Bertz CT molecular complexity index is 933. The number of fused-ring (bicyclic) bond motifs is 1. The minimum atomic E-state index is -0.730. The summed E-state index contributed by atoms with van der Waals surface area (Å²) in [4.78, 5) is 18.0. The summed E-state index contributed by atoms with van der Waals surface area (Å²) in [5.74, 6) is -0.260. The largest absolute Gasteiger partial charge is 0.481 e. The quantitative estimate of drug-likeness (QED) is 0.782. The number of carboxylic acid groups (broad SMARTS) is 1. The van der Waals surface area contributed by atoms with Crippen LogP contribution in [-0.4, -0.2) is 38.8 Å². The maximum absolute atomic E-state index is 11.4. The van der Waals surface area contributed by atoms with Gasteiger partial charge in [0.2, 0.25) is 0 Å². The molecule has 1 unspecified atom stereocenters. The summed E-state index contributed by atoms with van der Waals surface area (Å²) in [6.07, 6.45) is 6.16. The van der Waals surface area contributed by atoms with Gasteiger partial charge in [-0.2, -0.15) is 5.10 Å². The monoisotopic (exact) mass is 350 g/mol. The van der Waals surface area contributed by atoms with Gasteiger partial charge in [-0.3, -0.25) is 4.79 Å². The molecule has 26 heavy (non-hydrogen) atoms. The molecule has 1 aliphatic rings. The molecule has 6 heteroatoms. The smallest absolute Gasteiger partial charge is 0.308 e. The summed E-state index contributed by atoms with van der Waals surface area (Å²) >= 11 is 0. The Morgan fingerprint density at radius 2 is 2.12 bits per heavy atom. The molecule has 1 saturated heterocycles. The van der Waals surface area contributed by atoms with Crippen molar-refractivity contribution in [2.24, 2.45) is 5.92 Å². The van der Waals surface area contributed by atoms with Crippen LogP contribution >= 0.6 is 0 Å². The van der Waals surface area contributed by atoms with Crippen molar-refractivity contribution in [1.82, 2.24) is 14.6 Å². The van der Waals surface area contributed by atoms with Gasteiger partial charge >= 0.3 is 5.97 Å². The second-order valence-corrected chi connectivity index (χ2v) is 6.78. The lowest BCUT2D eigenvalue weighted by molar-refractivity contribution is -0.141. The number of carbonyl (C=O) groups is 1. The van der Waals surface area contributed by atoms with Crippen LogP contribution in [0.5, 0.6) is 0 Å². The molecule has 1 atom stereocenters. The summed E-state index contributed by atoms with van der Waals surface area (Å²) in [7, 11) is 0. The molecule has 134 valence electrons. The van der Waals surface area contributed by atoms with Gasteiger partial charge in [-0.05, 0) is 30.9 Å².